The first-order chi connectivity index (χ1) is 9.61. The van der Waals surface area contributed by atoms with Gasteiger partial charge in [0.15, 0.2) is 0 Å². The summed E-state index contributed by atoms with van der Waals surface area (Å²) in [5.74, 6) is 0.637. The number of nitrogens with one attached hydrogen (secondary N) is 1. The van der Waals surface area contributed by atoms with E-state index in [4.69, 9.17) is 0 Å². The summed E-state index contributed by atoms with van der Waals surface area (Å²) in [5.41, 5.74) is 2.66. The molecule has 2 fully saturated rings. The molecule has 0 aliphatic heterocycles. The maximum absolute atomic E-state index is 9.42. The Morgan fingerprint density at radius 2 is 2.10 bits per heavy atom. The minimum atomic E-state index is -0.0630. The van der Waals surface area contributed by atoms with Crippen molar-refractivity contribution in [1.29, 1.82) is 0 Å². The average molecular weight is 339 g/mol. The molecule has 110 valence electrons. The van der Waals surface area contributed by atoms with Crippen LogP contribution in [0.15, 0.2) is 22.7 Å². The van der Waals surface area contributed by atoms with E-state index in [-0.39, 0.29) is 6.10 Å². The second kappa shape index (κ2) is 6.04. The van der Waals surface area contributed by atoms with E-state index in [0.29, 0.717) is 5.92 Å². The number of aliphatic hydroxyl groups is 1. The highest BCUT2D eigenvalue weighted by molar-refractivity contribution is 9.10. The fourth-order valence-electron chi connectivity index (χ4n) is 2.92. The van der Waals surface area contributed by atoms with E-state index in [9.17, 15) is 5.11 Å². The van der Waals surface area contributed by atoms with Crippen LogP contribution < -0.4 is 10.2 Å². The van der Waals surface area contributed by atoms with Gasteiger partial charge in [0.25, 0.3) is 0 Å². The fourth-order valence-corrected chi connectivity index (χ4v) is 3.27. The standard InChI is InChI=1S/C16H23BrN2O/c1-19(10-11-6-15(20)7-11)16-8-13(17)3-2-12(16)9-18-14-4-5-14/h2-3,8,11,14-15,18,20H,4-7,9-10H2,1H3. The smallest absolute Gasteiger partial charge is 0.0546 e. The number of nitrogens with zero attached hydrogens (tertiary/aromatic N) is 1. The molecule has 2 aliphatic carbocycles. The van der Waals surface area contributed by atoms with Crippen LogP contribution in [0, 0.1) is 5.92 Å². The van der Waals surface area contributed by atoms with Crippen LogP contribution in [0.1, 0.15) is 31.2 Å². The largest absolute Gasteiger partial charge is 0.393 e. The van der Waals surface area contributed by atoms with E-state index in [1.54, 1.807) is 0 Å². The SMILES string of the molecule is CN(CC1CC(O)C1)c1cc(Br)ccc1CNC1CC1. The van der Waals surface area contributed by atoms with Gasteiger partial charge in [-0.3, -0.25) is 0 Å². The molecule has 0 aromatic heterocycles. The number of anilines is 1. The number of rotatable bonds is 6. The normalized spacial score (nSPS) is 25.4. The van der Waals surface area contributed by atoms with Crippen molar-refractivity contribution >= 4 is 21.6 Å². The Labute approximate surface area is 129 Å². The third-order valence-electron chi connectivity index (χ3n) is 4.36. The second-order valence-corrected chi connectivity index (χ2v) is 7.22. The van der Waals surface area contributed by atoms with Gasteiger partial charge < -0.3 is 15.3 Å². The van der Waals surface area contributed by atoms with Crippen LogP contribution in [-0.4, -0.2) is 30.8 Å². The lowest BCUT2D eigenvalue weighted by Gasteiger charge is -2.36. The zero-order chi connectivity index (χ0) is 14.1. The zero-order valence-electron chi connectivity index (χ0n) is 12.0. The highest BCUT2D eigenvalue weighted by atomic mass is 79.9. The lowest BCUT2D eigenvalue weighted by Crippen LogP contribution is -2.37. The van der Waals surface area contributed by atoms with Crippen molar-refractivity contribution in [3.63, 3.8) is 0 Å². The molecule has 2 saturated carbocycles. The summed E-state index contributed by atoms with van der Waals surface area (Å²) in [7, 11) is 2.16. The predicted octanol–water partition coefficient (Wildman–Crippen LogP) is 2.91. The Morgan fingerprint density at radius 3 is 2.75 bits per heavy atom. The first-order valence-corrected chi connectivity index (χ1v) is 8.32. The Hall–Kier alpha value is -0.580. The van der Waals surface area contributed by atoms with Gasteiger partial charge in [-0.15, -0.1) is 0 Å². The summed E-state index contributed by atoms with van der Waals surface area (Å²) < 4.78 is 1.13. The molecule has 0 unspecified atom stereocenters. The highest BCUT2D eigenvalue weighted by Gasteiger charge is 2.28. The molecule has 1 aromatic carbocycles. The molecule has 3 nitrogen and oxygen atoms in total. The monoisotopic (exact) mass is 338 g/mol. The molecule has 4 heteroatoms. The summed E-state index contributed by atoms with van der Waals surface area (Å²) in [4.78, 5) is 2.34. The highest BCUT2D eigenvalue weighted by Crippen LogP contribution is 2.31. The van der Waals surface area contributed by atoms with Crippen LogP contribution >= 0.6 is 15.9 Å². The van der Waals surface area contributed by atoms with E-state index in [2.05, 4.69) is 51.4 Å². The van der Waals surface area contributed by atoms with Crippen molar-refractivity contribution < 1.29 is 5.11 Å². The molecular formula is C16H23BrN2O. The molecule has 0 bridgehead atoms. The molecule has 1 aromatic rings. The fraction of sp³-hybridized carbons (Fsp3) is 0.625. The van der Waals surface area contributed by atoms with Gasteiger partial charge in [-0.05, 0) is 49.3 Å². The molecule has 2 N–H and O–H groups in total. The summed E-state index contributed by atoms with van der Waals surface area (Å²) in [6.45, 7) is 1.98. The molecule has 0 saturated heterocycles. The van der Waals surface area contributed by atoms with Crippen molar-refractivity contribution in [1.82, 2.24) is 5.32 Å². The van der Waals surface area contributed by atoms with Gasteiger partial charge in [0.05, 0.1) is 6.10 Å². The van der Waals surface area contributed by atoms with E-state index < -0.39 is 0 Å². The average Bonchev–Trinajstić information content (AvgIpc) is 3.19. The van der Waals surface area contributed by atoms with Crippen molar-refractivity contribution in [3.05, 3.63) is 28.2 Å². The molecule has 3 rings (SSSR count). The Kier molecular flexibility index (Phi) is 4.34. The van der Waals surface area contributed by atoms with Crippen molar-refractivity contribution in [2.45, 2.75) is 44.4 Å². The third kappa shape index (κ3) is 3.54. The molecule has 0 atom stereocenters. The van der Waals surface area contributed by atoms with Gasteiger partial charge in [0.1, 0.15) is 0 Å². The number of hydrogen-bond donors (Lipinski definition) is 2. The Balaban J connectivity index is 1.66. The molecule has 0 radical (unpaired) electrons. The molecular weight excluding hydrogens is 316 g/mol. The van der Waals surface area contributed by atoms with Crippen molar-refractivity contribution in [3.8, 4) is 0 Å². The van der Waals surface area contributed by atoms with E-state index in [1.807, 2.05) is 0 Å². The Morgan fingerprint density at radius 1 is 1.35 bits per heavy atom. The van der Waals surface area contributed by atoms with Crippen molar-refractivity contribution in [2.75, 3.05) is 18.5 Å². The van der Waals surface area contributed by atoms with E-state index in [1.165, 1.54) is 24.1 Å². The second-order valence-electron chi connectivity index (χ2n) is 6.30. The predicted molar refractivity (Wildman–Crippen MR) is 86.0 cm³/mol. The summed E-state index contributed by atoms with van der Waals surface area (Å²) in [5, 5.41) is 13.0. The lowest BCUT2D eigenvalue weighted by atomic mass is 9.82. The van der Waals surface area contributed by atoms with Gasteiger partial charge in [-0.25, -0.2) is 0 Å². The molecule has 0 spiro atoms. The number of hydrogen-bond acceptors (Lipinski definition) is 3. The maximum Gasteiger partial charge on any atom is 0.0546 e. The maximum atomic E-state index is 9.42. The minimum absolute atomic E-state index is 0.0630. The quantitative estimate of drug-likeness (QED) is 0.837. The summed E-state index contributed by atoms with van der Waals surface area (Å²) in [6, 6.07) is 7.27. The number of aliphatic hydroxyl groups excluding tert-OH is 1. The molecule has 0 heterocycles. The molecule has 20 heavy (non-hydrogen) atoms. The Bertz CT molecular complexity index is 470. The lowest BCUT2D eigenvalue weighted by molar-refractivity contribution is 0.0464. The van der Waals surface area contributed by atoms with Gasteiger partial charge >= 0.3 is 0 Å². The van der Waals surface area contributed by atoms with Crippen LogP contribution in [0.3, 0.4) is 0 Å². The van der Waals surface area contributed by atoms with Gasteiger partial charge in [0, 0.05) is 36.3 Å². The van der Waals surface area contributed by atoms with Gasteiger partial charge in [0.2, 0.25) is 0 Å². The van der Waals surface area contributed by atoms with Crippen LogP contribution in [0.4, 0.5) is 5.69 Å². The third-order valence-corrected chi connectivity index (χ3v) is 4.85. The van der Waals surface area contributed by atoms with Crippen LogP contribution in [-0.2, 0) is 6.54 Å². The first kappa shape index (κ1) is 14.4. The van der Waals surface area contributed by atoms with Gasteiger partial charge in [-0.1, -0.05) is 22.0 Å². The van der Waals surface area contributed by atoms with Gasteiger partial charge in [-0.2, -0.15) is 0 Å². The van der Waals surface area contributed by atoms with E-state index >= 15 is 0 Å². The van der Waals surface area contributed by atoms with Crippen LogP contribution in [0.2, 0.25) is 0 Å². The first-order valence-electron chi connectivity index (χ1n) is 7.53. The molecule has 2 aliphatic rings. The van der Waals surface area contributed by atoms with Crippen LogP contribution in [0.25, 0.3) is 0 Å². The van der Waals surface area contributed by atoms with E-state index in [0.717, 1.165) is 36.4 Å². The van der Waals surface area contributed by atoms with Crippen LogP contribution in [0.5, 0.6) is 0 Å². The minimum Gasteiger partial charge on any atom is -0.393 e. The number of benzene rings is 1. The number of halogens is 1. The summed E-state index contributed by atoms with van der Waals surface area (Å²) >= 11 is 3.58. The summed E-state index contributed by atoms with van der Waals surface area (Å²) in [6.07, 6.45) is 4.48. The topological polar surface area (TPSA) is 35.5 Å². The zero-order valence-corrected chi connectivity index (χ0v) is 13.6. The van der Waals surface area contributed by atoms with Crippen molar-refractivity contribution in [2.24, 2.45) is 5.92 Å². The molecule has 0 amide bonds.